The van der Waals surface area contributed by atoms with Crippen LogP contribution in [0.2, 0.25) is 5.02 Å². The van der Waals surface area contributed by atoms with Crippen molar-refractivity contribution >= 4 is 48.9 Å². The Labute approximate surface area is 154 Å². The number of ether oxygens (including phenoxy) is 1. The maximum Gasteiger partial charge on any atom is 0.262 e. The van der Waals surface area contributed by atoms with Crippen molar-refractivity contribution in [3.63, 3.8) is 0 Å². The van der Waals surface area contributed by atoms with Gasteiger partial charge in [-0.05, 0) is 30.3 Å². The fourth-order valence-corrected chi connectivity index (χ4v) is 4.50. The van der Waals surface area contributed by atoms with Crippen LogP contribution >= 0.6 is 27.5 Å². The zero-order valence-electron chi connectivity index (χ0n) is 12.7. The molecule has 0 atom stereocenters. The lowest BCUT2D eigenvalue weighted by molar-refractivity contribution is 0.123. The van der Waals surface area contributed by atoms with Crippen LogP contribution in [-0.4, -0.2) is 34.7 Å². The number of rotatable bonds is 4. The van der Waals surface area contributed by atoms with Gasteiger partial charge in [0.1, 0.15) is 0 Å². The van der Waals surface area contributed by atoms with Crippen LogP contribution in [0.3, 0.4) is 0 Å². The van der Waals surface area contributed by atoms with E-state index in [1.165, 1.54) is 0 Å². The molecule has 128 valence electrons. The molecule has 0 aliphatic carbocycles. The molecule has 1 fully saturated rings. The average molecular weight is 432 g/mol. The second kappa shape index (κ2) is 7.31. The van der Waals surface area contributed by atoms with Crippen molar-refractivity contribution in [1.29, 1.82) is 0 Å². The van der Waals surface area contributed by atoms with E-state index in [4.69, 9.17) is 16.3 Å². The van der Waals surface area contributed by atoms with Crippen LogP contribution in [0.4, 0.5) is 11.4 Å². The van der Waals surface area contributed by atoms with Crippen molar-refractivity contribution in [2.24, 2.45) is 0 Å². The van der Waals surface area contributed by atoms with Crippen LogP contribution in [0.15, 0.2) is 51.8 Å². The lowest BCUT2D eigenvalue weighted by Crippen LogP contribution is -2.37. The average Bonchev–Trinajstić information content (AvgIpc) is 2.55. The van der Waals surface area contributed by atoms with E-state index < -0.39 is 10.0 Å². The number of sulfonamides is 1. The molecule has 0 amide bonds. The Kier molecular flexibility index (Phi) is 5.34. The molecule has 2 aromatic rings. The predicted molar refractivity (Wildman–Crippen MR) is 99.4 cm³/mol. The molecule has 0 aromatic heterocycles. The summed E-state index contributed by atoms with van der Waals surface area (Å²) in [6.45, 7) is 2.50. The number of hydrogen-bond donors (Lipinski definition) is 1. The standard InChI is InChI=1S/C16H16BrClN2O3S/c17-12-3-1-4-13(11-12)24(21,22)19-15-6-2-5-14(18)16(15)20-7-9-23-10-8-20/h1-6,11,19H,7-10H2. The Hall–Kier alpha value is -1.28. The van der Waals surface area contributed by atoms with Gasteiger partial charge in [0.05, 0.1) is 34.5 Å². The van der Waals surface area contributed by atoms with E-state index in [1.54, 1.807) is 42.5 Å². The summed E-state index contributed by atoms with van der Waals surface area (Å²) in [6.07, 6.45) is 0. The van der Waals surface area contributed by atoms with Gasteiger partial charge in [-0.2, -0.15) is 0 Å². The lowest BCUT2D eigenvalue weighted by Gasteiger charge is -2.31. The van der Waals surface area contributed by atoms with Crippen molar-refractivity contribution in [2.75, 3.05) is 35.9 Å². The molecule has 1 aliphatic rings. The fourth-order valence-electron chi connectivity index (χ4n) is 2.54. The third kappa shape index (κ3) is 3.85. The maximum atomic E-state index is 12.7. The van der Waals surface area contributed by atoms with Gasteiger partial charge in [0, 0.05) is 17.6 Å². The highest BCUT2D eigenvalue weighted by atomic mass is 79.9. The molecular formula is C16H16BrClN2O3S. The number of nitrogens with one attached hydrogen (secondary N) is 1. The largest absolute Gasteiger partial charge is 0.378 e. The first-order chi connectivity index (χ1) is 11.5. The van der Waals surface area contributed by atoms with Crippen molar-refractivity contribution in [3.05, 3.63) is 52.0 Å². The minimum absolute atomic E-state index is 0.185. The molecule has 1 saturated heterocycles. The van der Waals surface area contributed by atoms with Crippen LogP contribution < -0.4 is 9.62 Å². The predicted octanol–water partition coefficient (Wildman–Crippen LogP) is 3.74. The van der Waals surface area contributed by atoms with Gasteiger partial charge in [-0.3, -0.25) is 4.72 Å². The Morgan fingerprint density at radius 1 is 1.12 bits per heavy atom. The van der Waals surface area contributed by atoms with Gasteiger partial charge in [-0.1, -0.05) is 39.7 Å². The number of para-hydroxylation sites is 1. The molecule has 8 heteroatoms. The molecule has 1 heterocycles. The monoisotopic (exact) mass is 430 g/mol. The summed E-state index contributed by atoms with van der Waals surface area (Å²) in [6, 6.07) is 11.8. The second-order valence-electron chi connectivity index (χ2n) is 5.30. The number of morpholine rings is 1. The summed E-state index contributed by atoms with van der Waals surface area (Å²) >= 11 is 9.63. The van der Waals surface area contributed by atoms with E-state index in [-0.39, 0.29) is 4.90 Å². The lowest BCUT2D eigenvalue weighted by atomic mass is 10.2. The molecule has 0 saturated carbocycles. The molecule has 3 rings (SSSR count). The van der Waals surface area contributed by atoms with Crippen molar-refractivity contribution in [3.8, 4) is 0 Å². The molecule has 0 spiro atoms. The highest BCUT2D eigenvalue weighted by Gasteiger charge is 2.22. The number of hydrogen-bond acceptors (Lipinski definition) is 4. The molecule has 2 aromatic carbocycles. The van der Waals surface area contributed by atoms with Crippen molar-refractivity contribution in [2.45, 2.75) is 4.90 Å². The Morgan fingerprint density at radius 3 is 2.54 bits per heavy atom. The molecule has 24 heavy (non-hydrogen) atoms. The minimum Gasteiger partial charge on any atom is -0.378 e. The summed E-state index contributed by atoms with van der Waals surface area (Å²) in [4.78, 5) is 2.22. The molecule has 1 N–H and O–H groups in total. The summed E-state index contributed by atoms with van der Waals surface area (Å²) in [7, 11) is -3.71. The normalized spacial score (nSPS) is 15.3. The van der Waals surface area contributed by atoms with E-state index in [2.05, 4.69) is 20.7 Å². The van der Waals surface area contributed by atoms with Crippen molar-refractivity contribution in [1.82, 2.24) is 0 Å². The number of benzene rings is 2. The number of halogens is 2. The maximum absolute atomic E-state index is 12.7. The van der Waals surface area contributed by atoms with Gasteiger partial charge in [0.15, 0.2) is 0 Å². The van der Waals surface area contributed by atoms with Crippen LogP contribution in [0.5, 0.6) is 0 Å². The smallest absolute Gasteiger partial charge is 0.262 e. The first kappa shape index (κ1) is 17.5. The summed E-state index contributed by atoms with van der Waals surface area (Å²) in [5.74, 6) is 0. The van der Waals surface area contributed by atoms with Gasteiger partial charge in [0.2, 0.25) is 0 Å². The van der Waals surface area contributed by atoms with E-state index in [9.17, 15) is 8.42 Å². The topological polar surface area (TPSA) is 58.6 Å². The molecule has 0 radical (unpaired) electrons. The van der Waals surface area contributed by atoms with E-state index in [1.807, 2.05) is 4.90 Å². The van der Waals surface area contributed by atoms with Crippen LogP contribution in [0, 0.1) is 0 Å². The first-order valence-electron chi connectivity index (χ1n) is 7.37. The van der Waals surface area contributed by atoms with Gasteiger partial charge < -0.3 is 9.64 Å². The number of anilines is 2. The quantitative estimate of drug-likeness (QED) is 0.801. The Balaban J connectivity index is 1.96. The third-order valence-electron chi connectivity index (χ3n) is 3.66. The molecule has 0 unspecified atom stereocenters. The summed E-state index contributed by atoms with van der Waals surface area (Å²) in [5.41, 5.74) is 1.14. The van der Waals surface area contributed by atoms with E-state index in [0.717, 1.165) is 0 Å². The zero-order chi connectivity index (χ0) is 17.2. The van der Waals surface area contributed by atoms with E-state index in [0.29, 0.717) is 47.2 Å². The molecule has 0 bridgehead atoms. The highest BCUT2D eigenvalue weighted by Crippen LogP contribution is 2.35. The second-order valence-corrected chi connectivity index (χ2v) is 8.30. The van der Waals surface area contributed by atoms with Gasteiger partial charge in [-0.15, -0.1) is 0 Å². The van der Waals surface area contributed by atoms with Gasteiger partial charge in [0.25, 0.3) is 10.0 Å². The zero-order valence-corrected chi connectivity index (χ0v) is 15.9. The van der Waals surface area contributed by atoms with Crippen LogP contribution in [0.1, 0.15) is 0 Å². The summed E-state index contributed by atoms with van der Waals surface area (Å²) in [5, 5.41) is 0.506. The highest BCUT2D eigenvalue weighted by molar-refractivity contribution is 9.10. The SMILES string of the molecule is O=S(=O)(Nc1cccc(Cl)c1N1CCOCC1)c1cccc(Br)c1. The van der Waals surface area contributed by atoms with Crippen LogP contribution in [-0.2, 0) is 14.8 Å². The van der Waals surface area contributed by atoms with Gasteiger partial charge >= 0.3 is 0 Å². The Bertz CT molecular complexity index is 839. The molecular weight excluding hydrogens is 416 g/mol. The van der Waals surface area contributed by atoms with Crippen molar-refractivity contribution < 1.29 is 13.2 Å². The molecule has 1 aliphatic heterocycles. The van der Waals surface area contributed by atoms with Crippen LogP contribution in [0.25, 0.3) is 0 Å². The first-order valence-corrected chi connectivity index (χ1v) is 10.0. The third-order valence-corrected chi connectivity index (χ3v) is 5.83. The fraction of sp³-hybridized carbons (Fsp3) is 0.250. The Morgan fingerprint density at radius 2 is 1.83 bits per heavy atom. The van der Waals surface area contributed by atoms with E-state index >= 15 is 0 Å². The van der Waals surface area contributed by atoms with Gasteiger partial charge in [-0.25, -0.2) is 8.42 Å². The summed E-state index contributed by atoms with van der Waals surface area (Å²) < 4.78 is 34.1. The molecule has 5 nitrogen and oxygen atoms in total. The number of nitrogens with zero attached hydrogens (tertiary/aromatic N) is 1. The minimum atomic E-state index is -3.71.